The summed E-state index contributed by atoms with van der Waals surface area (Å²) in [6, 6.07) is 8.29. The molecule has 1 aliphatic rings. The van der Waals surface area contributed by atoms with Crippen molar-refractivity contribution >= 4 is 11.6 Å². The smallest absolute Gasteiger partial charge is 0.234 e. The van der Waals surface area contributed by atoms with Crippen LogP contribution in [0.2, 0.25) is 0 Å². The number of amides is 1. The number of rotatable bonds is 4. The molecule has 2 unspecified atom stereocenters. The van der Waals surface area contributed by atoms with Crippen molar-refractivity contribution in [1.82, 2.24) is 0 Å². The van der Waals surface area contributed by atoms with Crippen molar-refractivity contribution in [2.45, 2.75) is 31.8 Å². The quantitative estimate of drug-likeness (QED) is 0.801. The molecule has 92 valence electrons. The van der Waals surface area contributed by atoms with E-state index in [1.54, 1.807) is 0 Å². The van der Waals surface area contributed by atoms with Gasteiger partial charge in [-0.05, 0) is 31.4 Å². The van der Waals surface area contributed by atoms with Crippen molar-refractivity contribution < 1.29 is 4.79 Å². The zero-order valence-corrected chi connectivity index (χ0v) is 10.1. The first kappa shape index (κ1) is 11.9. The molecule has 0 saturated carbocycles. The Balaban J connectivity index is 2.04. The number of fused-ring (bicyclic) bond motifs is 1. The first-order valence-corrected chi connectivity index (χ1v) is 5.99. The molecule has 0 bridgehead atoms. The maximum atomic E-state index is 10.9. The third-order valence-corrected chi connectivity index (χ3v) is 3.39. The molecule has 1 aliphatic heterocycles. The summed E-state index contributed by atoms with van der Waals surface area (Å²) in [5, 5.41) is 0. The van der Waals surface area contributed by atoms with Gasteiger partial charge >= 0.3 is 0 Å². The van der Waals surface area contributed by atoms with Crippen LogP contribution >= 0.6 is 0 Å². The monoisotopic (exact) mass is 233 g/mol. The van der Waals surface area contributed by atoms with Gasteiger partial charge in [0, 0.05) is 18.3 Å². The van der Waals surface area contributed by atoms with E-state index in [9.17, 15) is 4.79 Å². The third kappa shape index (κ3) is 2.42. The van der Waals surface area contributed by atoms with Crippen molar-refractivity contribution in [3.8, 4) is 0 Å². The van der Waals surface area contributed by atoms with Gasteiger partial charge in [-0.15, -0.1) is 0 Å². The second-order valence-corrected chi connectivity index (χ2v) is 4.67. The molecule has 17 heavy (non-hydrogen) atoms. The lowest BCUT2D eigenvalue weighted by Crippen LogP contribution is -2.40. The number of benzene rings is 1. The van der Waals surface area contributed by atoms with Gasteiger partial charge in [0.2, 0.25) is 5.91 Å². The molecule has 0 fully saturated rings. The number of carbonyl (C=O) groups excluding carboxylic acids is 1. The first-order chi connectivity index (χ1) is 8.09. The highest BCUT2D eigenvalue weighted by molar-refractivity contribution is 5.79. The Morgan fingerprint density at radius 2 is 2.24 bits per heavy atom. The van der Waals surface area contributed by atoms with Gasteiger partial charge in [-0.25, -0.2) is 0 Å². The predicted octanol–water partition coefficient (Wildman–Crippen LogP) is 0.640. The molecule has 1 heterocycles. The van der Waals surface area contributed by atoms with E-state index in [4.69, 9.17) is 11.5 Å². The van der Waals surface area contributed by atoms with Crippen molar-refractivity contribution in [3.05, 3.63) is 29.8 Å². The average molecular weight is 233 g/mol. The number of carbonyl (C=O) groups is 1. The van der Waals surface area contributed by atoms with Crippen LogP contribution in [0.3, 0.4) is 0 Å². The zero-order chi connectivity index (χ0) is 12.4. The maximum Gasteiger partial charge on any atom is 0.234 e. The van der Waals surface area contributed by atoms with Gasteiger partial charge in [-0.2, -0.15) is 0 Å². The lowest BCUT2D eigenvalue weighted by molar-refractivity contribution is -0.119. The molecule has 2 rings (SSSR count). The second-order valence-electron chi connectivity index (χ2n) is 4.67. The summed E-state index contributed by atoms with van der Waals surface area (Å²) in [5.41, 5.74) is 13.5. The molecular formula is C13H19N3O. The van der Waals surface area contributed by atoms with E-state index < -0.39 is 11.9 Å². The highest BCUT2D eigenvalue weighted by atomic mass is 16.1. The number of anilines is 1. The SMILES string of the molecule is CC1Cc2ccccc2N1CCC(N)C(N)=O. The van der Waals surface area contributed by atoms with Crippen molar-refractivity contribution in [2.24, 2.45) is 11.5 Å². The molecule has 0 saturated heterocycles. The van der Waals surface area contributed by atoms with E-state index in [1.807, 2.05) is 6.07 Å². The number of hydrogen-bond acceptors (Lipinski definition) is 3. The first-order valence-electron chi connectivity index (χ1n) is 5.99. The van der Waals surface area contributed by atoms with E-state index >= 15 is 0 Å². The maximum absolute atomic E-state index is 10.9. The fraction of sp³-hybridized carbons (Fsp3) is 0.462. The molecule has 0 aliphatic carbocycles. The van der Waals surface area contributed by atoms with Crippen LogP contribution in [0, 0.1) is 0 Å². The van der Waals surface area contributed by atoms with Crippen LogP contribution in [0.25, 0.3) is 0 Å². The highest BCUT2D eigenvalue weighted by Gasteiger charge is 2.25. The van der Waals surface area contributed by atoms with Crippen LogP contribution in [-0.2, 0) is 11.2 Å². The van der Waals surface area contributed by atoms with Crippen LogP contribution in [0.15, 0.2) is 24.3 Å². The van der Waals surface area contributed by atoms with Gasteiger partial charge in [-0.3, -0.25) is 4.79 Å². The summed E-state index contributed by atoms with van der Waals surface area (Å²) >= 11 is 0. The Bertz CT molecular complexity index is 419. The molecule has 0 aromatic heterocycles. The van der Waals surface area contributed by atoms with E-state index in [-0.39, 0.29) is 0 Å². The lowest BCUT2D eigenvalue weighted by atomic mass is 10.1. The van der Waals surface area contributed by atoms with Crippen LogP contribution < -0.4 is 16.4 Å². The molecule has 4 heteroatoms. The Labute approximate surface area is 102 Å². The molecule has 1 amide bonds. The van der Waals surface area contributed by atoms with Crippen molar-refractivity contribution in [2.75, 3.05) is 11.4 Å². The molecule has 2 atom stereocenters. The van der Waals surface area contributed by atoms with Crippen LogP contribution in [-0.4, -0.2) is 24.5 Å². The van der Waals surface area contributed by atoms with E-state index in [1.165, 1.54) is 11.3 Å². The minimum Gasteiger partial charge on any atom is -0.368 e. The van der Waals surface area contributed by atoms with E-state index in [0.717, 1.165) is 13.0 Å². The number of nitrogens with two attached hydrogens (primary N) is 2. The Morgan fingerprint density at radius 1 is 1.53 bits per heavy atom. The summed E-state index contributed by atoms with van der Waals surface area (Å²) in [7, 11) is 0. The summed E-state index contributed by atoms with van der Waals surface area (Å²) in [5.74, 6) is -0.426. The highest BCUT2D eigenvalue weighted by Crippen LogP contribution is 2.31. The van der Waals surface area contributed by atoms with Gasteiger partial charge in [0.15, 0.2) is 0 Å². The van der Waals surface area contributed by atoms with Gasteiger partial charge in [0.25, 0.3) is 0 Å². The Morgan fingerprint density at radius 3 is 2.94 bits per heavy atom. The van der Waals surface area contributed by atoms with Crippen molar-refractivity contribution in [1.29, 1.82) is 0 Å². The predicted molar refractivity (Wildman–Crippen MR) is 68.7 cm³/mol. The normalized spacial score (nSPS) is 20.1. The van der Waals surface area contributed by atoms with E-state index in [2.05, 4.69) is 30.0 Å². The molecule has 4 N–H and O–H groups in total. The summed E-state index contributed by atoms with van der Waals surface area (Å²) in [4.78, 5) is 13.2. The minimum absolute atomic E-state index is 0.426. The van der Waals surface area contributed by atoms with Crippen LogP contribution in [0.1, 0.15) is 18.9 Å². The largest absolute Gasteiger partial charge is 0.368 e. The fourth-order valence-corrected chi connectivity index (χ4v) is 2.39. The average Bonchev–Trinajstić information content (AvgIpc) is 2.61. The molecule has 0 radical (unpaired) electrons. The standard InChI is InChI=1S/C13H19N3O/c1-9-8-10-4-2-3-5-12(10)16(9)7-6-11(14)13(15)17/h2-5,9,11H,6-8,14H2,1H3,(H2,15,17). The minimum atomic E-state index is -0.546. The van der Waals surface area contributed by atoms with Gasteiger partial charge < -0.3 is 16.4 Å². The molecule has 0 spiro atoms. The Hall–Kier alpha value is -1.55. The summed E-state index contributed by atoms with van der Waals surface area (Å²) in [6.45, 7) is 2.97. The summed E-state index contributed by atoms with van der Waals surface area (Å²) < 4.78 is 0. The summed E-state index contributed by atoms with van der Waals surface area (Å²) in [6.07, 6.45) is 1.66. The fourth-order valence-electron chi connectivity index (χ4n) is 2.39. The van der Waals surface area contributed by atoms with Crippen molar-refractivity contribution in [3.63, 3.8) is 0 Å². The van der Waals surface area contributed by atoms with Gasteiger partial charge in [-0.1, -0.05) is 18.2 Å². The second kappa shape index (κ2) is 4.75. The lowest BCUT2D eigenvalue weighted by Gasteiger charge is -2.25. The molecule has 4 nitrogen and oxygen atoms in total. The van der Waals surface area contributed by atoms with Gasteiger partial charge in [0.1, 0.15) is 0 Å². The van der Waals surface area contributed by atoms with Gasteiger partial charge in [0.05, 0.1) is 6.04 Å². The van der Waals surface area contributed by atoms with Crippen LogP contribution in [0.5, 0.6) is 0 Å². The van der Waals surface area contributed by atoms with E-state index in [0.29, 0.717) is 12.5 Å². The number of nitrogens with zero attached hydrogens (tertiary/aromatic N) is 1. The molecule has 1 aromatic rings. The number of primary amides is 1. The Kier molecular flexibility index (Phi) is 3.33. The van der Waals surface area contributed by atoms with Crippen LogP contribution in [0.4, 0.5) is 5.69 Å². The number of hydrogen-bond donors (Lipinski definition) is 2. The molecular weight excluding hydrogens is 214 g/mol. The zero-order valence-electron chi connectivity index (χ0n) is 10.1. The topological polar surface area (TPSA) is 72.3 Å². The number of para-hydroxylation sites is 1. The molecule has 1 aromatic carbocycles. The third-order valence-electron chi connectivity index (χ3n) is 3.39.